The zero-order valence-corrected chi connectivity index (χ0v) is 13.2. The van der Waals surface area contributed by atoms with Crippen molar-refractivity contribution in [3.05, 3.63) is 78.1 Å². The van der Waals surface area contributed by atoms with Crippen LogP contribution >= 0.6 is 0 Å². The van der Waals surface area contributed by atoms with Crippen molar-refractivity contribution in [3.8, 4) is 22.6 Å². The van der Waals surface area contributed by atoms with Crippen LogP contribution in [0.4, 0.5) is 0 Å². The fourth-order valence-corrected chi connectivity index (χ4v) is 2.80. The van der Waals surface area contributed by atoms with E-state index in [-0.39, 0.29) is 0 Å². The summed E-state index contributed by atoms with van der Waals surface area (Å²) in [6.45, 7) is 1.91. The van der Waals surface area contributed by atoms with Gasteiger partial charge in [0.25, 0.3) is 0 Å². The Bertz CT molecular complexity index is 834. The molecule has 1 aliphatic rings. The summed E-state index contributed by atoms with van der Waals surface area (Å²) in [5.41, 5.74) is 4.75. The van der Waals surface area contributed by atoms with Crippen molar-refractivity contribution in [1.29, 1.82) is 0 Å². The van der Waals surface area contributed by atoms with Crippen molar-refractivity contribution < 1.29 is 9.47 Å². The van der Waals surface area contributed by atoms with Gasteiger partial charge < -0.3 is 14.8 Å². The molecule has 0 fully saturated rings. The second kappa shape index (κ2) is 6.72. The number of ether oxygens (including phenoxy) is 2. The summed E-state index contributed by atoms with van der Waals surface area (Å²) in [5, 5.41) is 3.48. The van der Waals surface area contributed by atoms with Crippen LogP contribution in [-0.4, -0.2) is 11.8 Å². The molecule has 2 aromatic carbocycles. The third kappa shape index (κ3) is 3.24. The summed E-state index contributed by atoms with van der Waals surface area (Å²) in [6, 6.07) is 18.6. The van der Waals surface area contributed by atoms with Gasteiger partial charge in [-0.1, -0.05) is 30.3 Å². The fourth-order valence-electron chi connectivity index (χ4n) is 2.80. The maximum atomic E-state index is 5.41. The molecule has 0 spiro atoms. The summed E-state index contributed by atoms with van der Waals surface area (Å²) in [4.78, 5) is 4.18. The third-order valence-corrected chi connectivity index (χ3v) is 4.02. The van der Waals surface area contributed by atoms with Crippen LogP contribution in [0.3, 0.4) is 0 Å². The smallest absolute Gasteiger partial charge is 0.231 e. The van der Waals surface area contributed by atoms with Crippen LogP contribution in [0.1, 0.15) is 11.1 Å². The first-order valence-electron chi connectivity index (χ1n) is 7.97. The lowest BCUT2D eigenvalue weighted by molar-refractivity contribution is 0.174. The fraction of sp³-hybridized carbons (Fsp3) is 0.150. The molecule has 0 aliphatic carbocycles. The number of hydrogen-bond donors (Lipinski definition) is 1. The van der Waals surface area contributed by atoms with E-state index in [2.05, 4.69) is 46.7 Å². The van der Waals surface area contributed by atoms with Crippen LogP contribution in [-0.2, 0) is 13.1 Å². The molecule has 120 valence electrons. The number of nitrogens with zero attached hydrogens (tertiary/aromatic N) is 1. The van der Waals surface area contributed by atoms with Gasteiger partial charge in [0.2, 0.25) is 6.79 Å². The molecule has 0 unspecified atom stereocenters. The lowest BCUT2D eigenvalue weighted by Crippen LogP contribution is -2.12. The molecule has 3 aromatic rings. The Labute approximate surface area is 141 Å². The molecule has 0 saturated heterocycles. The second-order valence-corrected chi connectivity index (χ2v) is 5.73. The molecule has 1 aliphatic heterocycles. The molecule has 2 heterocycles. The zero-order chi connectivity index (χ0) is 16.2. The minimum atomic E-state index is 0.313. The van der Waals surface area contributed by atoms with Crippen molar-refractivity contribution in [1.82, 2.24) is 10.3 Å². The highest BCUT2D eigenvalue weighted by Gasteiger charge is 2.12. The molecule has 1 N–H and O–H groups in total. The molecule has 0 bridgehead atoms. The van der Waals surface area contributed by atoms with Crippen LogP contribution in [0, 0.1) is 0 Å². The Hall–Kier alpha value is -2.85. The van der Waals surface area contributed by atoms with Gasteiger partial charge in [-0.2, -0.15) is 0 Å². The van der Waals surface area contributed by atoms with Gasteiger partial charge in [0, 0.05) is 25.5 Å². The second-order valence-electron chi connectivity index (χ2n) is 5.73. The van der Waals surface area contributed by atoms with Crippen LogP contribution in [0.5, 0.6) is 11.5 Å². The third-order valence-electron chi connectivity index (χ3n) is 4.02. The highest BCUT2D eigenvalue weighted by Crippen LogP contribution is 2.32. The van der Waals surface area contributed by atoms with E-state index in [4.69, 9.17) is 9.47 Å². The molecule has 0 amide bonds. The summed E-state index contributed by atoms with van der Waals surface area (Å²) >= 11 is 0. The Morgan fingerprint density at radius 1 is 0.833 bits per heavy atom. The molecule has 0 atom stereocenters. The highest BCUT2D eigenvalue weighted by molar-refractivity contribution is 5.62. The van der Waals surface area contributed by atoms with Crippen LogP contribution < -0.4 is 14.8 Å². The van der Waals surface area contributed by atoms with E-state index >= 15 is 0 Å². The average Bonchev–Trinajstić information content (AvgIpc) is 3.11. The summed E-state index contributed by atoms with van der Waals surface area (Å²) in [7, 11) is 0. The van der Waals surface area contributed by atoms with Gasteiger partial charge in [0.15, 0.2) is 11.5 Å². The molecule has 4 rings (SSSR count). The van der Waals surface area contributed by atoms with Crippen LogP contribution in [0.25, 0.3) is 11.1 Å². The number of fused-ring (bicyclic) bond motifs is 1. The Balaban J connectivity index is 1.39. The van der Waals surface area contributed by atoms with Crippen molar-refractivity contribution in [3.63, 3.8) is 0 Å². The van der Waals surface area contributed by atoms with E-state index in [9.17, 15) is 0 Å². The molecule has 1 aromatic heterocycles. The largest absolute Gasteiger partial charge is 0.454 e. The number of rotatable bonds is 5. The maximum absolute atomic E-state index is 5.41. The molecule has 4 heteroatoms. The van der Waals surface area contributed by atoms with Gasteiger partial charge >= 0.3 is 0 Å². The van der Waals surface area contributed by atoms with Gasteiger partial charge in [0.05, 0.1) is 0 Å². The molecule has 24 heavy (non-hydrogen) atoms. The highest BCUT2D eigenvalue weighted by atomic mass is 16.7. The van der Waals surface area contributed by atoms with Gasteiger partial charge in [-0.3, -0.25) is 4.98 Å². The minimum Gasteiger partial charge on any atom is -0.454 e. The van der Waals surface area contributed by atoms with E-state index in [1.54, 1.807) is 6.20 Å². The quantitative estimate of drug-likeness (QED) is 0.778. The zero-order valence-electron chi connectivity index (χ0n) is 13.2. The van der Waals surface area contributed by atoms with Gasteiger partial charge in [0.1, 0.15) is 0 Å². The predicted molar refractivity (Wildman–Crippen MR) is 92.8 cm³/mol. The summed E-state index contributed by atoms with van der Waals surface area (Å²) in [6.07, 6.45) is 3.68. The van der Waals surface area contributed by atoms with Gasteiger partial charge in [-0.05, 0) is 46.5 Å². The average molecular weight is 318 g/mol. The van der Waals surface area contributed by atoms with Crippen molar-refractivity contribution in [2.24, 2.45) is 0 Å². The number of aromatic nitrogens is 1. The number of benzene rings is 2. The monoisotopic (exact) mass is 318 g/mol. The summed E-state index contributed by atoms with van der Waals surface area (Å²) < 4.78 is 10.7. The van der Waals surface area contributed by atoms with E-state index in [1.807, 2.05) is 24.4 Å². The predicted octanol–water partition coefficient (Wildman–Crippen LogP) is 3.77. The maximum Gasteiger partial charge on any atom is 0.231 e. The number of nitrogens with one attached hydrogen (secondary N) is 1. The first-order chi connectivity index (χ1) is 11.9. The lowest BCUT2D eigenvalue weighted by Gasteiger charge is -2.08. The number of pyridine rings is 1. The topological polar surface area (TPSA) is 43.4 Å². The molecular formula is C20H18N2O2. The molecule has 0 saturated carbocycles. The van der Waals surface area contributed by atoms with Crippen LogP contribution in [0.15, 0.2) is 67.0 Å². The lowest BCUT2D eigenvalue weighted by atomic mass is 10.0. The normalized spacial score (nSPS) is 12.3. The van der Waals surface area contributed by atoms with Crippen molar-refractivity contribution >= 4 is 0 Å². The first kappa shape index (κ1) is 14.7. The molecule has 0 radical (unpaired) electrons. The van der Waals surface area contributed by atoms with E-state index in [0.717, 1.165) is 30.2 Å². The Kier molecular flexibility index (Phi) is 4.13. The van der Waals surface area contributed by atoms with Crippen LogP contribution in [0.2, 0.25) is 0 Å². The molecular weight excluding hydrogens is 300 g/mol. The number of hydrogen-bond acceptors (Lipinski definition) is 4. The Morgan fingerprint density at radius 2 is 1.67 bits per heavy atom. The molecule has 4 nitrogen and oxygen atoms in total. The van der Waals surface area contributed by atoms with E-state index < -0.39 is 0 Å². The SMILES string of the molecule is c1cncc(-c2cccc(CNCc3ccc4c(c3)OCO4)c2)c1. The standard InChI is InChI=1S/C20H18N2O2/c1-3-15(9-17(4-1)18-5-2-8-21-13-18)11-22-12-16-6-7-19-20(10-16)24-14-23-19/h1-10,13,22H,11-12,14H2. The van der Waals surface area contributed by atoms with Gasteiger partial charge in [-0.15, -0.1) is 0 Å². The minimum absolute atomic E-state index is 0.313. The van der Waals surface area contributed by atoms with E-state index in [0.29, 0.717) is 6.79 Å². The first-order valence-corrected chi connectivity index (χ1v) is 7.97. The van der Waals surface area contributed by atoms with Crippen molar-refractivity contribution in [2.45, 2.75) is 13.1 Å². The van der Waals surface area contributed by atoms with E-state index in [1.165, 1.54) is 16.7 Å². The van der Waals surface area contributed by atoms with Gasteiger partial charge in [-0.25, -0.2) is 0 Å². The van der Waals surface area contributed by atoms with Crippen molar-refractivity contribution in [2.75, 3.05) is 6.79 Å². The Morgan fingerprint density at radius 3 is 2.54 bits per heavy atom. The summed E-state index contributed by atoms with van der Waals surface area (Å²) in [5.74, 6) is 1.65.